The van der Waals surface area contributed by atoms with Gasteiger partial charge < -0.3 is 5.11 Å². The van der Waals surface area contributed by atoms with Crippen molar-refractivity contribution in [1.82, 2.24) is 9.03 Å². The van der Waals surface area contributed by atoms with Crippen molar-refractivity contribution < 1.29 is 27.9 Å². The Labute approximate surface area is 140 Å². The molecule has 1 aliphatic heterocycles. The number of nitrogens with one attached hydrogen (secondary N) is 1. The van der Waals surface area contributed by atoms with E-state index in [1.807, 2.05) is 4.72 Å². The molecule has 2 N–H and O–H groups in total. The highest BCUT2D eigenvalue weighted by molar-refractivity contribution is 8.76. The average molecular weight is 376 g/mol. The monoisotopic (exact) mass is 376 g/mol. The molecule has 1 aromatic carbocycles. The molecule has 0 fully saturated rings. The summed E-state index contributed by atoms with van der Waals surface area (Å²) in [6.07, 6.45) is 0.852. The lowest BCUT2D eigenvalue weighted by Gasteiger charge is -2.14. The number of rotatable bonds is 7. The van der Waals surface area contributed by atoms with Crippen LogP contribution < -0.4 is 4.72 Å². The van der Waals surface area contributed by atoms with Crippen LogP contribution in [-0.4, -0.2) is 53.7 Å². The summed E-state index contributed by atoms with van der Waals surface area (Å²) < 4.78 is 25.1. The first-order valence-electron chi connectivity index (χ1n) is 6.18. The van der Waals surface area contributed by atoms with Crippen LogP contribution >= 0.6 is 21.8 Å². The van der Waals surface area contributed by atoms with Gasteiger partial charge in [0.2, 0.25) is 10.0 Å². The number of carboxylic acid groups (broad SMARTS) is 1. The van der Waals surface area contributed by atoms with E-state index in [-0.39, 0.29) is 16.9 Å². The van der Waals surface area contributed by atoms with Crippen LogP contribution in [-0.2, 0) is 14.8 Å². The standard InChI is InChI=1S/C12H12N2O6S3/c1-23(19,20)13-9(12(17)18)6-21-22-14-10(15)7-4-2-3-5-8(7)11(14)16/h2-5,9,13H,6H2,1H3,(H,17,18). The second-order valence-corrected chi connectivity index (χ2v) is 8.61. The Morgan fingerprint density at radius 1 is 1.26 bits per heavy atom. The Morgan fingerprint density at radius 2 is 1.78 bits per heavy atom. The molecule has 23 heavy (non-hydrogen) atoms. The van der Waals surface area contributed by atoms with Crippen LogP contribution in [0.3, 0.4) is 0 Å². The molecule has 0 radical (unpaired) electrons. The molecule has 11 heteroatoms. The maximum Gasteiger partial charge on any atom is 0.322 e. The zero-order valence-corrected chi connectivity index (χ0v) is 14.2. The van der Waals surface area contributed by atoms with Crippen LogP contribution in [0, 0.1) is 0 Å². The number of sulfonamides is 1. The summed E-state index contributed by atoms with van der Waals surface area (Å²) in [5.41, 5.74) is 0.573. The Balaban J connectivity index is 1.98. The summed E-state index contributed by atoms with van der Waals surface area (Å²) in [6.45, 7) is 0. The van der Waals surface area contributed by atoms with Crippen molar-refractivity contribution in [3.05, 3.63) is 35.4 Å². The molecule has 0 aromatic heterocycles. The van der Waals surface area contributed by atoms with E-state index in [1.54, 1.807) is 12.1 Å². The van der Waals surface area contributed by atoms with Crippen molar-refractivity contribution in [3.8, 4) is 0 Å². The molecule has 1 aromatic rings. The van der Waals surface area contributed by atoms with E-state index < -0.39 is 33.8 Å². The highest BCUT2D eigenvalue weighted by Gasteiger charge is 2.36. The van der Waals surface area contributed by atoms with E-state index in [2.05, 4.69) is 0 Å². The first-order chi connectivity index (χ1) is 10.7. The summed E-state index contributed by atoms with van der Waals surface area (Å²) in [5, 5.41) is 8.98. The fourth-order valence-electron chi connectivity index (χ4n) is 1.80. The quantitative estimate of drug-likeness (QED) is 0.403. The minimum atomic E-state index is -3.68. The van der Waals surface area contributed by atoms with Gasteiger partial charge in [-0.15, -0.1) is 0 Å². The number of imide groups is 1. The van der Waals surface area contributed by atoms with Crippen LogP contribution in [0.25, 0.3) is 0 Å². The van der Waals surface area contributed by atoms with Crippen molar-refractivity contribution >= 4 is 49.6 Å². The van der Waals surface area contributed by atoms with Crippen molar-refractivity contribution in [3.63, 3.8) is 0 Å². The molecule has 0 spiro atoms. The summed E-state index contributed by atoms with van der Waals surface area (Å²) in [4.78, 5) is 35.2. The molecule has 1 aliphatic rings. The molecule has 1 unspecified atom stereocenters. The molecular weight excluding hydrogens is 364 g/mol. The number of carboxylic acids is 1. The maximum atomic E-state index is 12.1. The number of carbonyl (C=O) groups is 3. The fraction of sp³-hybridized carbons (Fsp3) is 0.250. The average Bonchev–Trinajstić information content (AvgIpc) is 2.70. The number of benzene rings is 1. The topological polar surface area (TPSA) is 121 Å². The van der Waals surface area contributed by atoms with Gasteiger partial charge in [0.05, 0.1) is 17.4 Å². The third-order valence-electron chi connectivity index (χ3n) is 2.77. The first-order valence-corrected chi connectivity index (χ1v) is 10.3. The van der Waals surface area contributed by atoms with E-state index in [9.17, 15) is 22.8 Å². The van der Waals surface area contributed by atoms with Crippen LogP contribution in [0.15, 0.2) is 24.3 Å². The molecule has 1 atom stereocenters. The highest BCUT2D eigenvalue weighted by Crippen LogP contribution is 2.35. The van der Waals surface area contributed by atoms with Crippen molar-refractivity contribution in [2.24, 2.45) is 0 Å². The predicted molar refractivity (Wildman–Crippen MR) is 86.4 cm³/mol. The second kappa shape index (κ2) is 6.91. The van der Waals surface area contributed by atoms with Crippen molar-refractivity contribution in [1.29, 1.82) is 0 Å². The number of aliphatic carboxylic acids is 1. The van der Waals surface area contributed by atoms with Gasteiger partial charge in [-0.05, 0) is 12.1 Å². The fourth-order valence-corrected chi connectivity index (χ4v) is 4.78. The lowest BCUT2D eigenvalue weighted by Crippen LogP contribution is -2.41. The Morgan fingerprint density at radius 3 is 2.22 bits per heavy atom. The molecule has 0 saturated heterocycles. The number of nitrogens with zero attached hydrogens (tertiary/aromatic N) is 1. The van der Waals surface area contributed by atoms with E-state index in [1.165, 1.54) is 12.1 Å². The van der Waals surface area contributed by atoms with Gasteiger partial charge in [0.1, 0.15) is 6.04 Å². The van der Waals surface area contributed by atoms with Crippen LogP contribution in [0.5, 0.6) is 0 Å². The summed E-state index contributed by atoms with van der Waals surface area (Å²) in [6, 6.07) is 5.00. The smallest absolute Gasteiger partial charge is 0.322 e. The second-order valence-electron chi connectivity index (χ2n) is 4.59. The van der Waals surface area contributed by atoms with E-state index in [0.29, 0.717) is 0 Å². The van der Waals surface area contributed by atoms with E-state index in [4.69, 9.17) is 5.11 Å². The normalized spacial score (nSPS) is 15.6. The largest absolute Gasteiger partial charge is 0.480 e. The third kappa shape index (κ3) is 4.25. The molecule has 0 aliphatic carbocycles. The summed E-state index contributed by atoms with van der Waals surface area (Å²) in [5.74, 6) is -2.46. The highest BCUT2D eigenvalue weighted by atomic mass is 33.1. The number of amides is 2. The molecule has 1 heterocycles. The molecule has 0 bridgehead atoms. The lowest BCUT2D eigenvalue weighted by molar-refractivity contribution is -0.138. The SMILES string of the molecule is CS(=O)(=O)NC(CSSN1C(=O)c2ccccc2C1=O)C(=O)O. The van der Waals surface area contributed by atoms with Gasteiger partial charge in [-0.25, -0.2) is 17.4 Å². The first kappa shape index (κ1) is 17.8. The number of fused-ring (bicyclic) bond motifs is 1. The lowest BCUT2D eigenvalue weighted by atomic mass is 10.1. The maximum absolute atomic E-state index is 12.1. The van der Waals surface area contributed by atoms with Crippen molar-refractivity contribution in [2.45, 2.75) is 6.04 Å². The predicted octanol–water partition coefficient (Wildman–Crippen LogP) is 0.581. The van der Waals surface area contributed by atoms with Gasteiger partial charge in [0, 0.05) is 16.7 Å². The zero-order chi connectivity index (χ0) is 17.2. The summed E-state index contributed by atoms with van der Waals surface area (Å²) >= 11 is 0. The number of hydrogen-bond donors (Lipinski definition) is 2. The van der Waals surface area contributed by atoms with Crippen LogP contribution in [0.2, 0.25) is 0 Å². The third-order valence-corrected chi connectivity index (χ3v) is 5.71. The molecule has 2 amide bonds. The number of hydrogen-bond acceptors (Lipinski definition) is 7. The molecular formula is C12H12N2O6S3. The van der Waals surface area contributed by atoms with Gasteiger partial charge in [-0.2, -0.15) is 0 Å². The zero-order valence-electron chi connectivity index (χ0n) is 11.8. The van der Waals surface area contributed by atoms with Gasteiger partial charge in [0.25, 0.3) is 11.8 Å². The molecule has 124 valence electrons. The molecule has 0 saturated carbocycles. The van der Waals surface area contributed by atoms with E-state index in [0.717, 1.165) is 32.3 Å². The Bertz CT molecular complexity index is 729. The van der Waals surface area contributed by atoms with Gasteiger partial charge >= 0.3 is 5.97 Å². The van der Waals surface area contributed by atoms with Gasteiger partial charge in [-0.3, -0.25) is 14.4 Å². The minimum absolute atomic E-state index is 0.152. The van der Waals surface area contributed by atoms with Crippen LogP contribution in [0.4, 0.5) is 0 Å². The van der Waals surface area contributed by atoms with Gasteiger partial charge in [-0.1, -0.05) is 22.9 Å². The van der Waals surface area contributed by atoms with Gasteiger partial charge in [0.15, 0.2) is 0 Å². The minimum Gasteiger partial charge on any atom is -0.480 e. The number of carbonyl (C=O) groups excluding carboxylic acids is 2. The summed E-state index contributed by atoms with van der Waals surface area (Å²) in [7, 11) is -2.00. The van der Waals surface area contributed by atoms with E-state index >= 15 is 0 Å². The molecule has 2 rings (SSSR count). The Kier molecular flexibility index (Phi) is 5.34. The van der Waals surface area contributed by atoms with Crippen LogP contribution in [0.1, 0.15) is 20.7 Å². The van der Waals surface area contributed by atoms with Crippen molar-refractivity contribution in [2.75, 3.05) is 12.0 Å². The Hall–Kier alpha value is -1.56. The molecule has 8 nitrogen and oxygen atoms in total.